The molecular formula is C18H10Cl2F3N5O2. The molecule has 0 bridgehead atoms. The minimum absolute atomic E-state index is 0.140. The number of hydrogen-bond donors (Lipinski definition) is 1. The van der Waals surface area contributed by atoms with Crippen LogP contribution in [0, 0.1) is 0 Å². The van der Waals surface area contributed by atoms with Gasteiger partial charge in [0.15, 0.2) is 11.5 Å². The molecule has 0 radical (unpaired) electrons. The van der Waals surface area contributed by atoms with Gasteiger partial charge in [0.05, 0.1) is 17.6 Å². The number of halogens is 5. The number of carbonyl (C=O) groups excluding carboxylic acids is 1. The van der Waals surface area contributed by atoms with Gasteiger partial charge in [-0.2, -0.15) is 13.2 Å². The van der Waals surface area contributed by atoms with Crippen LogP contribution in [0.4, 0.5) is 19.0 Å². The van der Waals surface area contributed by atoms with Gasteiger partial charge in [-0.05, 0) is 40.1 Å². The maximum Gasteiger partial charge on any atom is 0.471 e. The first-order chi connectivity index (χ1) is 14.2. The van der Waals surface area contributed by atoms with Crippen molar-refractivity contribution in [3.05, 3.63) is 58.1 Å². The van der Waals surface area contributed by atoms with Gasteiger partial charge in [0, 0.05) is 10.0 Å². The molecule has 0 aliphatic rings. The van der Waals surface area contributed by atoms with E-state index >= 15 is 0 Å². The number of imidazole rings is 1. The Labute approximate surface area is 176 Å². The summed E-state index contributed by atoms with van der Waals surface area (Å²) in [5, 5.41) is 9.54. The van der Waals surface area contributed by atoms with Gasteiger partial charge in [-0.3, -0.25) is 10.1 Å². The molecule has 0 aliphatic heterocycles. The molecule has 0 fully saturated rings. The van der Waals surface area contributed by atoms with Crippen molar-refractivity contribution in [1.29, 1.82) is 0 Å². The van der Waals surface area contributed by atoms with Gasteiger partial charge in [-0.1, -0.05) is 41.4 Å². The highest BCUT2D eigenvalue weighted by atomic mass is 35.5. The molecule has 2 heterocycles. The Morgan fingerprint density at radius 1 is 1.13 bits per heavy atom. The van der Waals surface area contributed by atoms with Gasteiger partial charge < -0.3 is 4.57 Å². The number of hydrogen-bond acceptors (Lipinski definition) is 5. The molecule has 2 aromatic carbocycles. The van der Waals surface area contributed by atoms with E-state index in [4.69, 9.17) is 23.2 Å². The van der Waals surface area contributed by atoms with Crippen LogP contribution in [0.5, 0.6) is 0 Å². The summed E-state index contributed by atoms with van der Waals surface area (Å²) in [5.74, 6) is -2.57. The van der Waals surface area contributed by atoms with E-state index in [9.17, 15) is 18.0 Å². The summed E-state index contributed by atoms with van der Waals surface area (Å²) < 4.78 is 44.2. The van der Waals surface area contributed by atoms with Crippen LogP contribution in [-0.2, 0) is 11.3 Å². The molecule has 4 rings (SSSR count). The Morgan fingerprint density at radius 3 is 2.63 bits per heavy atom. The van der Waals surface area contributed by atoms with E-state index < -0.39 is 17.9 Å². The third kappa shape index (κ3) is 3.83. The number of nitrogens with zero attached hydrogens (tertiary/aromatic N) is 4. The van der Waals surface area contributed by atoms with Crippen LogP contribution in [0.2, 0.25) is 10.0 Å². The molecule has 154 valence electrons. The lowest BCUT2D eigenvalue weighted by Gasteiger charge is -2.11. The van der Waals surface area contributed by atoms with Crippen LogP contribution in [0.1, 0.15) is 5.56 Å². The summed E-state index contributed by atoms with van der Waals surface area (Å²) >= 11 is 12.2. The highest BCUT2D eigenvalue weighted by Gasteiger charge is 2.40. The van der Waals surface area contributed by atoms with Crippen molar-refractivity contribution in [3.8, 4) is 11.5 Å². The largest absolute Gasteiger partial charge is 0.471 e. The van der Waals surface area contributed by atoms with E-state index in [1.807, 2.05) is 0 Å². The standard InChI is InChI=1S/C18H10Cl2F3N5O2/c19-10-6-5-9(11(20)7-10)8-28-13-4-2-1-3-12(13)24-16(28)14-15(27-30-26-14)25-17(29)18(21,22)23/h1-7H,8H2,(H,25,27,29). The zero-order valence-corrected chi connectivity index (χ0v) is 16.3. The number of anilines is 1. The third-order valence-corrected chi connectivity index (χ3v) is 4.77. The molecular weight excluding hydrogens is 446 g/mol. The number of fused-ring (bicyclic) bond motifs is 1. The number of benzene rings is 2. The number of alkyl halides is 3. The minimum atomic E-state index is -5.10. The summed E-state index contributed by atoms with van der Waals surface area (Å²) in [6, 6.07) is 12.0. The molecule has 0 atom stereocenters. The van der Waals surface area contributed by atoms with Crippen LogP contribution in [-0.4, -0.2) is 31.9 Å². The molecule has 12 heteroatoms. The fourth-order valence-electron chi connectivity index (χ4n) is 2.83. The quantitative estimate of drug-likeness (QED) is 0.470. The molecule has 0 unspecified atom stereocenters. The van der Waals surface area contributed by atoms with Crippen molar-refractivity contribution in [3.63, 3.8) is 0 Å². The first kappa shape index (κ1) is 20.2. The second-order valence-electron chi connectivity index (χ2n) is 6.16. The highest BCUT2D eigenvalue weighted by Crippen LogP contribution is 2.31. The summed E-state index contributed by atoms with van der Waals surface area (Å²) in [4.78, 5) is 15.8. The van der Waals surface area contributed by atoms with Crippen molar-refractivity contribution in [2.75, 3.05) is 5.32 Å². The fraction of sp³-hybridized carbons (Fsp3) is 0.111. The van der Waals surface area contributed by atoms with Crippen molar-refractivity contribution in [1.82, 2.24) is 19.9 Å². The lowest BCUT2D eigenvalue weighted by molar-refractivity contribution is -0.167. The Balaban J connectivity index is 1.82. The first-order valence-corrected chi connectivity index (χ1v) is 9.10. The zero-order valence-electron chi connectivity index (χ0n) is 14.7. The molecule has 4 aromatic rings. The average molecular weight is 456 g/mol. The van der Waals surface area contributed by atoms with Gasteiger partial charge in [0.25, 0.3) is 0 Å². The molecule has 0 saturated heterocycles. The van der Waals surface area contributed by atoms with Gasteiger partial charge in [0.2, 0.25) is 5.82 Å². The number of para-hydroxylation sites is 2. The summed E-state index contributed by atoms with van der Waals surface area (Å²) in [6.07, 6.45) is -5.10. The van der Waals surface area contributed by atoms with Gasteiger partial charge in [-0.25, -0.2) is 9.61 Å². The van der Waals surface area contributed by atoms with Crippen LogP contribution < -0.4 is 5.32 Å². The minimum Gasteiger partial charge on any atom is -0.318 e. The normalized spacial score (nSPS) is 11.8. The number of nitrogens with one attached hydrogen (secondary N) is 1. The summed E-state index contributed by atoms with van der Waals surface area (Å²) in [7, 11) is 0. The predicted octanol–water partition coefficient (Wildman–Crippen LogP) is 4.94. The molecule has 1 amide bonds. The monoisotopic (exact) mass is 455 g/mol. The SMILES string of the molecule is O=C(Nc1nonc1-c1nc2ccccc2n1Cc1ccc(Cl)cc1Cl)C(F)(F)F. The second kappa shape index (κ2) is 7.62. The van der Waals surface area contributed by atoms with Crippen LogP contribution in [0.3, 0.4) is 0 Å². The molecule has 0 saturated carbocycles. The van der Waals surface area contributed by atoms with Crippen LogP contribution in [0.15, 0.2) is 47.1 Å². The Morgan fingerprint density at radius 2 is 1.90 bits per heavy atom. The van der Waals surface area contributed by atoms with E-state index in [0.717, 1.165) is 0 Å². The van der Waals surface area contributed by atoms with E-state index in [-0.39, 0.29) is 18.1 Å². The number of amides is 1. The second-order valence-corrected chi connectivity index (χ2v) is 7.00. The Bertz CT molecular complexity index is 1250. The van der Waals surface area contributed by atoms with Gasteiger partial charge in [0.1, 0.15) is 0 Å². The predicted molar refractivity (Wildman–Crippen MR) is 103 cm³/mol. The highest BCUT2D eigenvalue weighted by molar-refractivity contribution is 6.35. The average Bonchev–Trinajstić information content (AvgIpc) is 3.27. The number of aromatic nitrogens is 4. The molecule has 7 nitrogen and oxygen atoms in total. The van der Waals surface area contributed by atoms with Gasteiger partial charge in [-0.15, -0.1) is 0 Å². The zero-order chi connectivity index (χ0) is 21.5. The summed E-state index contributed by atoms with van der Waals surface area (Å²) in [6.45, 7) is 0.200. The van der Waals surface area contributed by atoms with Crippen molar-refractivity contribution >= 4 is 46.0 Å². The van der Waals surface area contributed by atoms with E-state index in [0.29, 0.717) is 26.6 Å². The third-order valence-electron chi connectivity index (χ3n) is 4.19. The van der Waals surface area contributed by atoms with Gasteiger partial charge >= 0.3 is 12.1 Å². The maximum absolute atomic E-state index is 12.6. The molecule has 30 heavy (non-hydrogen) atoms. The van der Waals surface area contributed by atoms with Crippen molar-refractivity contribution in [2.45, 2.75) is 12.7 Å². The number of rotatable bonds is 4. The Kier molecular flexibility index (Phi) is 5.12. The van der Waals surface area contributed by atoms with Crippen LogP contribution >= 0.6 is 23.2 Å². The van der Waals surface area contributed by atoms with E-state index in [1.165, 1.54) is 0 Å². The lowest BCUT2D eigenvalue weighted by Crippen LogP contribution is -2.30. The topological polar surface area (TPSA) is 85.8 Å². The van der Waals surface area contributed by atoms with Crippen molar-refractivity contribution in [2.24, 2.45) is 0 Å². The Hall–Kier alpha value is -3.11. The molecule has 0 spiro atoms. The molecule has 0 aliphatic carbocycles. The van der Waals surface area contributed by atoms with E-state index in [1.54, 1.807) is 52.3 Å². The maximum atomic E-state index is 12.6. The molecule has 2 aromatic heterocycles. The smallest absolute Gasteiger partial charge is 0.318 e. The van der Waals surface area contributed by atoms with Crippen LogP contribution in [0.25, 0.3) is 22.6 Å². The van der Waals surface area contributed by atoms with E-state index in [2.05, 4.69) is 19.9 Å². The lowest BCUT2D eigenvalue weighted by atomic mass is 10.2. The van der Waals surface area contributed by atoms with Crippen molar-refractivity contribution < 1.29 is 22.6 Å². The number of carbonyl (C=O) groups is 1. The summed E-state index contributed by atoms with van der Waals surface area (Å²) in [5.41, 5.74) is 1.74. The fourth-order valence-corrected chi connectivity index (χ4v) is 3.30. The molecule has 1 N–H and O–H groups in total. The first-order valence-electron chi connectivity index (χ1n) is 8.34.